The van der Waals surface area contributed by atoms with Gasteiger partial charge < -0.3 is 10.2 Å². The standard InChI is InChI=1S/C25H21ClFN5O3S/c1-3-22(33)29-25(12-28-34)13-32(14-25)15(2)36-31-21-9-8-20(26)23(24(21)27)19-11-17(30-35)10-16-6-4-5-7-18(16)19/h3-8,10-11H,1-2,9,12-14H2,(H,29,33). The van der Waals surface area contributed by atoms with Crippen molar-refractivity contribution in [3.63, 3.8) is 0 Å². The summed E-state index contributed by atoms with van der Waals surface area (Å²) in [4.78, 5) is 35.6. The molecule has 2 aromatic carbocycles. The van der Waals surface area contributed by atoms with Gasteiger partial charge >= 0.3 is 0 Å². The molecule has 1 heterocycles. The summed E-state index contributed by atoms with van der Waals surface area (Å²) in [6.07, 6.45) is 2.96. The molecule has 184 valence electrons. The van der Waals surface area contributed by atoms with Crippen LogP contribution in [0.1, 0.15) is 12.0 Å². The first-order valence-electron chi connectivity index (χ1n) is 10.8. The van der Waals surface area contributed by atoms with E-state index in [1.165, 1.54) is 6.07 Å². The molecular weight excluding hydrogens is 505 g/mol. The van der Waals surface area contributed by atoms with Gasteiger partial charge in [0.05, 0.1) is 16.3 Å². The average molecular weight is 526 g/mol. The van der Waals surface area contributed by atoms with Crippen LogP contribution < -0.4 is 5.32 Å². The molecule has 36 heavy (non-hydrogen) atoms. The Labute approximate surface area is 215 Å². The van der Waals surface area contributed by atoms with Crippen molar-refractivity contribution in [2.75, 3.05) is 19.6 Å². The summed E-state index contributed by atoms with van der Waals surface area (Å²) < 4.78 is 20.1. The van der Waals surface area contributed by atoms with Crippen LogP contribution >= 0.6 is 23.5 Å². The van der Waals surface area contributed by atoms with Crippen molar-refractivity contribution in [3.05, 3.63) is 93.0 Å². The minimum Gasteiger partial charge on any atom is -0.360 e. The minimum atomic E-state index is -0.804. The number of hydrogen-bond acceptors (Lipinski definition) is 8. The summed E-state index contributed by atoms with van der Waals surface area (Å²) in [5.41, 5.74) is 0.110. The van der Waals surface area contributed by atoms with Crippen LogP contribution in [0.15, 0.2) is 92.3 Å². The number of fused-ring (bicyclic) bond motifs is 1. The van der Waals surface area contributed by atoms with Crippen molar-refractivity contribution < 1.29 is 9.18 Å². The lowest BCUT2D eigenvalue weighted by Crippen LogP contribution is -2.71. The smallest absolute Gasteiger partial charge is 0.244 e. The largest absolute Gasteiger partial charge is 0.360 e. The van der Waals surface area contributed by atoms with Gasteiger partial charge in [-0.25, -0.2) is 8.79 Å². The van der Waals surface area contributed by atoms with Gasteiger partial charge in [0.15, 0.2) is 5.83 Å². The zero-order valence-electron chi connectivity index (χ0n) is 19.0. The molecule has 2 aromatic rings. The minimum absolute atomic E-state index is 0.0950. The van der Waals surface area contributed by atoms with E-state index >= 15 is 4.39 Å². The second-order valence-corrected chi connectivity index (χ2v) is 9.63. The molecule has 0 aromatic heterocycles. The molecular formula is C25H21ClFN5O3S. The molecule has 1 aliphatic heterocycles. The van der Waals surface area contributed by atoms with Gasteiger partial charge in [0.2, 0.25) is 5.91 Å². The molecule has 0 unspecified atom stereocenters. The monoisotopic (exact) mass is 525 g/mol. The Balaban J connectivity index is 1.57. The molecule has 0 spiro atoms. The Morgan fingerprint density at radius 2 is 2.03 bits per heavy atom. The molecule has 1 N–H and O–H groups in total. The number of hydrogen-bond donors (Lipinski definition) is 1. The fourth-order valence-corrected chi connectivity index (χ4v) is 5.06. The van der Waals surface area contributed by atoms with Gasteiger partial charge in [0, 0.05) is 42.1 Å². The number of carbonyl (C=O) groups is 1. The maximum Gasteiger partial charge on any atom is 0.244 e. The fourth-order valence-electron chi connectivity index (χ4n) is 4.19. The van der Waals surface area contributed by atoms with Crippen LogP contribution in [-0.2, 0) is 4.79 Å². The highest BCUT2D eigenvalue weighted by Crippen LogP contribution is 2.41. The predicted molar refractivity (Wildman–Crippen MR) is 143 cm³/mol. The van der Waals surface area contributed by atoms with Crippen molar-refractivity contribution in [2.45, 2.75) is 12.0 Å². The predicted octanol–water partition coefficient (Wildman–Crippen LogP) is 6.13. The van der Waals surface area contributed by atoms with Crippen molar-refractivity contribution in [1.29, 1.82) is 0 Å². The first-order chi connectivity index (χ1) is 17.3. The van der Waals surface area contributed by atoms with Gasteiger partial charge in [0.1, 0.15) is 12.2 Å². The van der Waals surface area contributed by atoms with Gasteiger partial charge in [-0.05, 0) is 39.7 Å². The molecule has 4 rings (SSSR count). The Bertz CT molecular complexity index is 1380. The fraction of sp³-hybridized carbons (Fsp3) is 0.200. The Morgan fingerprint density at radius 1 is 1.28 bits per heavy atom. The van der Waals surface area contributed by atoms with Crippen LogP contribution in [0, 0.1) is 9.81 Å². The molecule has 1 saturated heterocycles. The SMILES string of the molecule is C=CC(=O)NC1(CN=O)CN(C(=C)SN=C2CC=C(Cl)C(c3cc(N=O)cc4ccccc34)=C2F)C1. The van der Waals surface area contributed by atoms with E-state index in [4.69, 9.17) is 11.6 Å². The Hall–Kier alpha value is -3.63. The Morgan fingerprint density at radius 3 is 2.72 bits per heavy atom. The summed E-state index contributed by atoms with van der Waals surface area (Å²) in [5, 5.41) is 10.9. The van der Waals surface area contributed by atoms with E-state index in [1.54, 1.807) is 12.1 Å². The molecule has 8 nitrogen and oxygen atoms in total. The second-order valence-electron chi connectivity index (χ2n) is 8.39. The average Bonchev–Trinajstić information content (AvgIpc) is 2.86. The van der Waals surface area contributed by atoms with Crippen LogP contribution in [0.4, 0.5) is 10.1 Å². The molecule has 0 saturated carbocycles. The van der Waals surface area contributed by atoms with E-state index in [0.717, 1.165) is 28.8 Å². The maximum absolute atomic E-state index is 15.7. The van der Waals surface area contributed by atoms with E-state index in [2.05, 4.69) is 33.2 Å². The third-order valence-corrected chi connectivity index (χ3v) is 7.07. The molecule has 1 fully saturated rings. The van der Waals surface area contributed by atoms with Crippen LogP contribution in [0.2, 0.25) is 0 Å². The number of rotatable bonds is 9. The first kappa shape index (κ1) is 25.5. The van der Waals surface area contributed by atoms with Gasteiger partial charge in [-0.2, -0.15) is 4.91 Å². The molecule has 0 bridgehead atoms. The van der Waals surface area contributed by atoms with Crippen molar-refractivity contribution in [1.82, 2.24) is 10.2 Å². The molecule has 1 amide bonds. The number of halogens is 2. The third-order valence-electron chi connectivity index (χ3n) is 5.95. The number of nitrogens with one attached hydrogen (secondary N) is 1. The first-order valence-corrected chi connectivity index (χ1v) is 12.0. The quantitative estimate of drug-likeness (QED) is 0.241. The van der Waals surface area contributed by atoms with Gasteiger partial charge in [-0.1, -0.05) is 60.3 Å². The second kappa shape index (κ2) is 10.5. The number of likely N-dealkylation sites (tertiary alicyclic amines) is 1. The van der Waals surface area contributed by atoms with Crippen molar-refractivity contribution in [2.24, 2.45) is 14.8 Å². The van der Waals surface area contributed by atoms with E-state index in [-0.39, 0.29) is 35.0 Å². The Kier molecular flexibility index (Phi) is 7.46. The van der Waals surface area contributed by atoms with Crippen LogP contribution in [0.3, 0.4) is 0 Å². The zero-order chi connectivity index (χ0) is 25.9. The highest BCUT2D eigenvalue weighted by molar-refractivity contribution is 8.01. The summed E-state index contributed by atoms with van der Waals surface area (Å²) >= 11 is 7.41. The van der Waals surface area contributed by atoms with E-state index in [9.17, 15) is 14.6 Å². The van der Waals surface area contributed by atoms with E-state index in [0.29, 0.717) is 23.7 Å². The highest BCUT2D eigenvalue weighted by Gasteiger charge is 2.45. The number of carbonyl (C=O) groups excluding carboxylic acids is 1. The van der Waals surface area contributed by atoms with Gasteiger partial charge in [-0.3, -0.25) is 4.79 Å². The van der Waals surface area contributed by atoms with Gasteiger partial charge in [-0.15, -0.1) is 4.91 Å². The molecule has 2 aliphatic rings. The topological polar surface area (TPSA) is 104 Å². The molecule has 0 radical (unpaired) electrons. The maximum atomic E-state index is 15.7. The third kappa shape index (κ3) is 5.00. The molecule has 1 aliphatic carbocycles. The lowest BCUT2D eigenvalue weighted by atomic mass is 9.90. The lowest BCUT2D eigenvalue weighted by molar-refractivity contribution is -0.120. The summed E-state index contributed by atoms with van der Waals surface area (Å²) in [6.45, 7) is 7.92. The van der Waals surface area contributed by atoms with E-state index in [1.807, 2.05) is 29.2 Å². The van der Waals surface area contributed by atoms with Crippen LogP contribution in [-0.4, -0.2) is 41.7 Å². The molecule has 11 heteroatoms. The number of benzene rings is 2. The van der Waals surface area contributed by atoms with E-state index < -0.39 is 17.3 Å². The zero-order valence-corrected chi connectivity index (χ0v) is 20.6. The van der Waals surface area contributed by atoms with Crippen LogP contribution in [0.25, 0.3) is 16.3 Å². The number of allylic oxidation sites excluding steroid dienone is 4. The number of nitroso groups, excluding NO2 is 2. The summed E-state index contributed by atoms with van der Waals surface area (Å²) in [7, 11) is 0. The molecule has 0 atom stereocenters. The normalized spacial score (nSPS) is 17.9. The van der Waals surface area contributed by atoms with Gasteiger partial charge in [0.25, 0.3) is 0 Å². The summed E-state index contributed by atoms with van der Waals surface area (Å²) in [6, 6.07) is 10.4. The lowest BCUT2D eigenvalue weighted by Gasteiger charge is -2.50. The van der Waals surface area contributed by atoms with Crippen molar-refractivity contribution >= 4 is 57.2 Å². The number of nitrogens with zero attached hydrogens (tertiary/aromatic N) is 4. The van der Waals surface area contributed by atoms with Crippen LogP contribution in [0.5, 0.6) is 0 Å². The van der Waals surface area contributed by atoms with Crippen molar-refractivity contribution in [3.8, 4) is 0 Å². The highest BCUT2D eigenvalue weighted by atomic mass is 35.5. The number of amides is 1. The summed E-state index contributed by atoms with van der Waals surface area (Å²) in [5.74, 6) is -0.999.